The fourth-order valence-corrected chi connectivity index (χ4v) is 2.54. The highest BCUT2D eigenvalue weighted by Crippen LogP contribution is 2.36. The molecule has 0 amide bonds. The lowest BCUT2D eigenvalue weighted by molar-refractivity contribution is 0.0987. The van der Waals surface area contributed by atoms with Gasteiger partial charge in [0.25, 0.3) is 0 Å². The summed E-state index contributed by atoms with van der Waals surface area (Å²) < 4.78 is 6.01. The van der Waals surface area contributed by atoms with E-state index in [4.69, 9.17) is 4.74 Å². The van der Waals surface area contributed by atoms with Gasteiger partial charge in [0.1, 0.15) is 12.0 Å². The first-order chi connectivity index (χ1) is 8.50. The van der Waals surface area contributed by atoms with Gasteiger partial charge in [0, 0.05) is 5.56 Å². The summed E-state index contributed by atoms with van der Waals surface area (Å²) in [5, 5.41) is 0. The summed E-state index contributed by atoms with van der Waals surface area (Å²) in [6, 6.07) is 5.70. The standard InChI is InChI=1S/C16H22O2/c1-12-10-15(5-4-13(12)11-17)18-14-6-8-16(2,3)9-7-14/h4-5,10-11,14H,6-9H2,1-3H3. The van der Waals surface area contributed by atoms with Crippen LogP contribution in [-0.2, 0) is 0 Å². The van der Waals surface area contributed by atoms with Gasteiger partial charge >= 0.3 is 0 Å². The van der Waals surface area contributed by atoms with Crippen molar-refractivity contribution < 1.29 is 9.53 Å². The molecule has 1 aromatic rings. The van der Waals surface area contributed by atoms with E-state index >= 15 is 0 Å². The van der Waals surface area contributed by atoms with Crippen molar-refractivity contribution in [3.8, 4) is 5.75 Å². The third kappa shape index (κ3) is 3.12. The summed E-state index contributed by atoms with van der Waals surface area (Å²) in [6.07, 6.45) is 5.93. The molecule has 1 saturated carbocycles. The van der Waals surface area contributed by atoms with Gasteiger partial charge in [-0.15, -0.1) is 0 Å². The molecule has 0 atom stereocenters. The van der Waals surface area contributed by atoms with Gasteiger partial charge in [0.05, 0.1) is 6.10 Å². The van der Waals surface area contributed by atoms with Gasteiger partial charge in [-0.2, -0.15) is 0 Å². The molecule has 1 aliphatic rings. The fraction of sp³-hybridized carbons (Fsp3) is 0.562. The smallest absolute Gasteiger partial charge is 0.150 e. The lowest BCUT2D eigenvalue weighted by Gasteiger charge is -2.34. The normalized spacial score (nSPS) is 19.5. The van der Waals surface area contributed by atoms with Crippen molar-refractivity contribution in [3.05, 3.63) is 29.3 Å². The first-order valence-corrected chi connectivity index (χ1v) is 6.73. The molecule has 0 saturated heterocycles. The molecule has 1 aliphatic carbocycles. The molecule has 0 heterocycles. The van der Waals surface area contributed by atoms with Crippen LogP contribution >= 0.6 is 0 Å². The Balaban J connectivity index is 1.98. The summed E-state index contributed by atoms with van der Waals surface area (Å²) >= 11 is 0. The molecule has 2 heteroatoms. The Hall–Kier alpha value is -1.31. The van der Waals surface area contributed by atoms with E-state index < -0.39 is 0 Å². The summed E-state index contributed by atoms with van der Waals surface area (Å²) in [7, 11) is 0. The average Bonchev–Trinajstić information content (AvgIpc) is 2.32. The van der Waals surface area contributed by atoms with E-state index in [-0.39, 0.29) is 0 Å². The largest absolute Gasteiger partial charge is 0.490 e. The Bertz CT molecular complexity index is 425. The molecule has 0 aromatic heterocycles. The predicted molar refractivity (Wildman–Crippen MR) is 73.2 cm³/mol. The molecular weight excluding hydrogens is 224 g/mol. The third-order valence-corrected chi connectivity index (χ3v) is 3.96. The van der Waals surface area contributed by atoms with Gasteiger partial charge < -0.3 is 4.74 Å². The number of aldehydes is 1. The highest BCUT2D eigenvalue weighted by atomic mass is 16.5. The molecule has 18 heavy (non-hydrogen) atoms. The fourth-order valence-electron chi connectivity index (χ4n) is 2.54. The lowest BCUT2D eigenvalue weighted by Crippen LogP contribution is -2.28. The molecule has 0 radical (unpaired) electrons. The van der Waals surface area contributed by atoms with Crippen molar-refractivity contribution in [1.29, 1.82) is 0 Å². The van der Waals surface area contributed by atoms with Crippen LogP contribution in [0.25, 0.3) is 0 Å². The van der Waals surface area contributed by atoms with Gasteiger partial charge in [0.15, 0.2) is 0 Å². The van der Waals surface area contributed by atoms with Gasteiger partial charge in [-0.3, -0.25) is 4.79 Å². The molecule has 98 valence electrons. The number of carbonyl (C=O) groups is 1. The summed E-state index contributed by atoms with van der Waals surface area (Å²) in [5.74, 6) is 0.891. The van der Waals surface area contributed by atoms with E-state index in [1.54, 1.807) is 0 Å². The average molecular weight is 246 g/mol. The second-order valence-electron chi connectivity index (χ2n) is 6.12. The van der Waals surface area contributed by atoms with E-state index in [2.05, 4.69) is 13.8 Å². The van der Waals surface area contributed by atoms with Crippen molar-refractivity contribution in [2.45, 2.75) is 52.6 Å². The zero-order valence-corrected chi connectivity index (χ0v) is 11.5. The molecule has 0 aliphatic heterocycles. The van der Waals surface area contributed by atoms with Crippen LogP contribution in [0.5, 0.6) is 5.75 Å². The minimum Gasteiger partial charge on any atom is -0.490 e. The number of ether oxygens (including phenoxy) is 1. The topological polar surface area (TPSA) is 26.3 Å². The molecule has 0 bridgehead atoms. The lowest BCUT2D eigenvalue weighted by atomic mass is 9.76. The number of rotatable bonds is 3. The van der Waals surface area contributed by atoms with Crippen molar-refractivity contribution in [3.63, 3.8) is 0 Å². The summed E-state index contributed by atoms with van der Waals surface area (Å²) in [4.78, 5) is 10.8. The van der Waals surface area contributed by atoms with Crippen LogP contribution in [-0.4, -0.2) is 12.4 Å². The zero-order valence-electron chi connectivity index (χ0n) is 11.5. The molecule has 0 unspecified atom stereocenters. The number of hydrogen-bond donors (Lipinski definition) is 0. The molecule has 2 rings (SSSR count). The van der Waals surface area contributed by atoms with Crippen LogP contribution in [0.2, 0.25) is 0 Å². The third-order valence-electron chi connectivity index (χ3n) is 3.96. The highest BCUT2D eigenvalue weighted by molar-refractivity contribution is 5.77. The van der Waals surface area contributed by atoms with E-state index in [0.717, 1.165) is 36.0 Å². The number of aryl methyl sites for hydroxylation is 1. The Morgan fingerprint density at radius 3 is 2.50 bits per heavy atom. The van der Waals surface area contributed by atoms with Crippen LogP contribution in [0, 0.1) is 12.3 Å². The Morgan fingerprint density at radius 2 is 1.94 bits per heavy atom. The molecule has 1 aromatic carbocycles. The van der Waals surface area contributed by atoms with Crippen LogP contribution < -0.4 is 4.74 Å². The number of benzene rings is 1. The van der Waals surface area contributed by atoms with Gasteiger partial charge in [-0.25, -0.2) is 0 Å². The summed E-state index contributed by atoms with van der Waals surface area (Å²) in [6.45, 7) is 6.60. The van der Waals surface area contributed by atoms with Crippen LogP contribution in [0.4, 0.5) is 0 Å². The van der Waals surface area contributed by atoms with Gasteiger partial charge in [-0.05, 0) is 61.8 Å². The van der Waals surface area contributed by atoms with Crippen LogP contribution in [0.3, 0.4) is 0 Å². The maximum absolute atomic E-state index is 10.8. The minimum absolute atomic E-state index is 0.333. The van der Waals surface area contributed by atoms with E-state index in [9.17, 15) is 4.79 Å². The Labute approximate surface area is 109 Å². The first kappa shape index (κ1) is 13.1. The van der Waals surface area contributed by atoms with E-state index in [1.165, 1.54) is 12.8 Å². The quantitative estimate of drug-likeness (QED) is 0.749. The Morgan fingerprint density at radius 1 is 1.28 bits per heavy atom. The van der Waals surface area contributed by atoms with E-state index in [1.807, 2.05) is 25.1 Å². The number of carbonyl (C=O) groups excluding carboxylic acids is 1. The van der Waals surface area contributed by atoms with Crippen molar-refractivity contribution in [2.24, 2.45) is 5.41 Å². The monoisotopic (exact) mass is 246 g/mol. The van der Waals surface area contributed by atoms with Gasteiger partial charge in [0.2, 0.25) is 0 Å². The first-order valence-electron chi connectivity index (χ1n) is 6.73. The molecule has 2 nitrogen and oxygen atoms in total. The minimum atomic E-state index is 0.333. The van der Waals surface area contributed by atoms with Crippen LogP contribution in [0.1, 0.15) is 55.5 Å². The zero-order chi connectivity index (χ0) is 13.2. The van der Waals surface area contributed by atoms with Crippen molar-refractivity contribution in [1.82, 2.24) is 0 Å². The molecular formula is C16H22O2. The Kier molecular flexibility index (Phi) is 3.74. The second-order valence-corrected chi connectivity index (χ2v) is 6.12. The van der Waals surface area contributed by atoms with Gasteiger partial charge in [-0.1, -0.05) is 13.8 Å². The van der Waals surface area contributed by atoms with E-state index in [0.29, 0.717) is 11.5 Å². The van der Waals surface area contributed by atoms with Crippen molar-refractivity contribution in [2.75, 3.05) is 0 Å². The maximum Gasteiger partial charge on any atom is 0.150 e. The second kappa shape index (κ2) is 5.13. The molecule has 1 fully saturated rings. The SMILES string of the molecule is Cc1cc(OC2CCC(C)(C)CC2)ccc1C=O. The van der Waals surface area contributed by atoms with Crippen molar-refractivity contribution >= 4 is 6.29 Å². The number of hydrogen-bond acceptors (Lipinski definition) is 2. The summed E-state index contributed by atoms with van der Waals surface area (Å²) in [5.41, 5.74) is 2.20. The predicted octanol–water partition coefficient (Wildman–Crippen LogP) is 4.16. The molecule has 0 N–H and O–H groups in total. The van der Waals surface area contributed by atoms with Crippen LogP contribution in [0.15, 0.2) is 18.2 Å². The molecule has 0 spiro atoms. The highest BCUT2D eigenvalue weighted by Gasteiger charge is 2.27. The maximum atomic E-state index is 10.8.